The summed E-state index contributed by atoms with van der Waals surface area (Å²) in [7, 11) is -3.57. The largest absolute Gasteiger partial charge is 0.378 e. The Hall–Kier alpha value is -1.28. The van der Waals surface area contributed by atoms with Crippen LogP contribution in [-0.4, -0.2) is 61.7 Å². The zero-order valence-corrected chi connectivity index (χ0v) is 15.5. The predicted octanol–water partition coefficient (Wildman–Crippen LogP) is 1.94. The van der Waals surface area contributed by atoms with Gasteiger partial charge in [0.25, 0.3) is 10.2 Å². The van der Waals surface area contributed by atoms with Crippen molar-refractivity contribution in [3.05, 3.63) is 35.9 Å². The maximum Gasteiger partial charge on any atom is 0.282 e. The van der Waals surface area contributed by atoms with Gasteiger partial charge in [0.2, 0.25) is 0 Å². The van der Waals surface area contributed by atoms with Gasteiger partial charge in [0.05, 0.1) is 19.3 Å². The zero-order chi connectivity index (χ0) is 17.9. The molecule has 0 bridgehead atoms. The van der Waals surface area contributed by atoms with E-state index >= 15 is 0 Å². The molecule has 6 nitrogen and oxygen atoms in total. The average molecular weight is 366 g/mol. The third-order valence-corrected chi connectivity index (χ3v) is 6.96. The van der Waals surface area contributed by atoms with Crippen LogP contribution in [0.3, 0.4) is 0 Å². The number of carbonyl (C=O) groups excluding carboxylic acids is 1. The highest BCUT2D eigenvalue weighted by Gasteiger charge is 2.39. The van der Waals surface area contributed by atoms with Gasteiger partial charge in [-0.2, -0.15) is 17.0 Å². The molecule has 0 aromatic heterocycles. The monoisotopic (exact) mass is 366 g/mol. The molecule has 1 aromatic rings. The van der Waals surface area contributed by atoms with Crippen LogP contribution in [0.25, 0.3) is 0 Å². The van der Waals surface area contributed by atoms with Crippen molar-refractivity contribution < 1.29 is 17.9 Å². The van der Waals surface area contributed by atoms with Gasteiger partial charge in [0, 0.05) is 31.6 Å². The molecule has 1 atom stereocenters. The van der Waals surface area contributed by atoms with E-state index in [2.05, 4.69) is 0 Å². The lowest BCUT2D eigenvalue weighted by atomic mass is 10.0. The van der Waals surface area contributed by atoms with Crippen molar-refractivity contribution in [2.45, 2.75) is 32.2 Å². The van der Waals surface area contributed by atoms with Gasteiger partial charge >= 0.3 is 0 Å². The molecule has 3 rings (SSSR count). The van der Waals surface area contributed by atoms with Gasteiger partial charge in [-0.15, -0.1) is 0 Å². The molecule has 1 saturated carbocycles. The zero-order valence-electron chi connectivity index (χ0n) is 14.6. The first-order valence-electron chi connectivity index (χ1n) is 8.95. The van der Waals surface area contributed by atoms with Gasteiger partial charge in [-0.3, -0.25) is 4.79 Å². The van der Waals surface area contributed by atoms with Crippen molar-refractivity contribution in [1.29, 1.82) is 0 Å². The third-order valence-electron chi connectivity index (χ3n) is 4.82. The van der Waals surface area contributed by atoms with E-state index in [1.165, 1.54) is 4.31 Å². The molecule has 1 heterocycles. The molecule has 1 unspecified atom stereocenters. The number of Topliss-reactive ketones (excluding diaryl/α,β-unsaturated/α-hetero) is 1. The number of nitrogens with zero attached hydrogens (tertiary/aromatic N) is 2. The summed E-state index contributed by atoms with van der Waals surface area (Å²) in [6.45, 7) is 3.83. The molecule has 1 aromatic carbocycles. The summed E-state index contributed by atoms with van der Waals surface area (Å²) in [6, 6.07) is 8.56. The summed E-state index contributed by atoms with van der Waals surface area (Å²) in [5, 5.41) is 0. The van der Waals surface area contributed by atoms with Crippen molar-refractivity contribution >= 4 is 16.0 Å². The fourth-order valence-corrected chi connectivity index (χ4v) is 5.02. The fourth-order valence-electron chi connectivity index (χ4n) is 3.18. The Bertz CT molecular complexity index is 688. The second-order valence-corrected chi connectivity index (χ2v) is 8.62. The maximum absolute atomic E-state index is 13.1. The molecule has 0 N–H and O–H groups in total. The average Bonchev–Trinajstić information content (AvgIpc) is 3.45. The first-order chi connectivity index (χ1) is 12.0. The van der Waals surface area contributed by atoms with E-state index in [1.54, 1.807) is 16.4 Å². The van der Waals surface area contributed by atoms with Gasteiger partial charge in [-0.1, -0.05) is 37.3 Å². The van der Waals surface area contributed by atoms with Crippen molar-refractivity contribution in [3.8, 4) is 0 Å². The Balaban J connectivity index is 1.74. The Morgan fingerprint density at radius 3 is 2.64 bits per heavy atom. The van der Waals surface area contributed by atoms with Crippen LogP contribution in [-0.2, 0) is 14.9 Å². The first kappa shape index (κ1) is 18.5. The molecule has 0 amide bonds. The Morgan fingerprint density at radius 2 is 2.00 bits per heavy atom. The summed E-state index contributed by atoms with van der Waals surface area (Å²) >= 11 is 0. The summed E-state index contributed by atoms with van der Waals surface area (Å²) in [6.07, 6.45) is 2.35. The smallest absolute Gasteiger partial charge is 0.282 e. The van der Waals surface area contributed by atoms with E-state index in [0.717, 1.165) is 12.8 Å². The van der Waals surface area contributed by atoms with E-state index in [0.29, 0.717) is 37.7 Å². The van der Waals surface area contributed by atoms with Crippen LogP contribution in [0.1, 0.15) is 36.5 Å². The SMILES string of the molecule is CCN(CC1CC1)S(=O)(=O)N1CCOCC1CC(=O)c1ccccc1. The Morgan fingerprint density at radius 1 is 1.28 bits per heavy atom. The van der Waals surface area contributed by atoms with Gasteiger partial charge in [0.1, 0.15) is 0 Å². The molecule has 7 heteroatoms. The number of rotatable bonds is 8. The minimum absolute atomic E-state index is 0.0541. The number of hydrogen-bond acceptors (Lipinski definition) is 4. The molecule has 0 radical (unpaired) electrons. The number of morpholine rings is 1. The van der Waals surface area contributed by atoms with Crippen LogP contribution < -0.4 is 0 Å². The molecule has 1 saturated heterocycles. The van der Waals surface area contributed by atoms with Crippen LogP contribution >= 0.6 is 0 Å². The highest BCUT2D eigenvalue weighted by atomic mass is 32.2. The molecule has 25 heavy (non-hydrogen) atoms. The lowest BCUT2D eigenvalue weighted by Crippen LogP contribution is -2.54. The highest BCUT2D eigenvalue weighted by Crippen LogP contribution is 2.31. The van der Waals surface area contributed by atoms with Crippen molar-refractivity contribution in [3.63, 3.8) is 0 Å². The van der Waals surface area contributed by atoms with Gasteiger partial charge in [0.15, 0.2) is 5.78 Å². The third kappa shape index (κ3) is 4.47. The molecule has 1 aliphatic carbocycles. The second kappa shape index (κ2) is 7.95. The highest BCUT2D eigenvalue weighted by molar-refractivity contribution is 7.86. The van der Waals surface area contributed by atoms with Gasteiger partial charge in [-0.05, 0) is 18.8 Å². The normalized spacial score (nSPS) is 22.2. The number of ketones is 1. The molecule has 0 spiro atoms. The minimum atomic E-state index is -3.57. The van der Waals surface area contributed by atoms with Gasteiger partial charge < -0.3 is 4.74 Å². The summed E-state index contributed by atoms with van der Waals surface area (Å²) in [5.74, 6) is 0.432. The molecular weight excluding hydrogens is 340 g/mol. The standard InChI is InChI=1S/C18H26N2O4S/c1-2-19(13-15-8-9-15)25(22,23)20-10-11-24-14-17(20)12-18(21)16-6-4-3-5-7-16/h3-7,15,17H,2,8-14H2,1H3. The lowest BCUT2D eigenvalue weighted by molar-refractivity contribution is 0.0267. The molecule has 138 valence electrons. The molecular formula is C18H26N2O4S. The van der Waals surface area contributed by atoms with Crippen LogP contribution in [0.4, 0.5) is 0 Å². The molecule has 2 fully saturated rings. The van der Waals surface area contributed by atoms with E-state index in [-0.39, 0.29) is 18.8 Å². The molecule has 2 aliphatic rings. The van der Waals surface area contributed by atoms with Crippen molar-refractivity contribution in [2.24, 2.45) is 5.92 Å². The van der Waals surface area contributed by atoms with E-state index in [1.807, 2.05) is 25.1 Å². The van der Waals surface area contributed by atoms with Crippen LogP contribution in [0.2, 0.25) is 0 Å². The number of carbonyl (C=O) groups is 1. The quantitative estimate of drug-likeness (QED) is 0.660. The number of benzene rings is 1. The Labute approximate surface area is 149 Å². The van der Waals surface area contributed by atoms with Crippen LogP contribution in [0.5, 0.6) is 0 Å². The second-order valence-electron chi connectivity index (χ2n) is 6.73. The Kier molecular flexibility index (Phi) is 5.89. The van der Waals surface area contributed by atoms with E-state index in [9.17, 15) is 13.2 Å². The summed E-state index contributed by atoms with van der Waals surface area (Å²) in [5.41, 5.74) is 0.607. The number of hydrogen-bond donors (Lipinski definition) is 0. The van der Waals surface area contributed by atoms with Gasteiger partial charge in [-0.25, -0.2) is 0 Å². The minimum Gasteiger partial charge on any atom is -0.378 e. The van der Waals surface area contributed by atoms with Crippen molar-refractivity contribution in [1.82, 2.24) is 8.61 Å². The van der Waals surface area contributed by atoms with E-state index < -0.39 is 16.3 Å². The lowest BCUT2D eigenvalue weighted by Gasteiger charge is -2.37. The topological polar surface area (TPSA) is 66.9 Å². The maximum atomic E-state index is 13.1. The van der Waals surface area contributed by atoms with E-state index in [4.69, 9.17) is 4.74 Å². The van der Waals surface area contributed by atoms with Crippen LogP contribution in [0, 0.1) is 5.92 Å². The fraction of sp³-hybridized carbons (Fsp3) is 0.611. The van der Waals surface area contributed by atoms with Crippen molar-refractivity contribution in [2.75, 3.05) is 32.8 Å². The molecule has 1 aliphatic heterocycles. The summed E-state index contributed by atoms with van der Waals surface area (Å²) < 4.78 is 34.7. The first-order valence-corrected chi connectivity index (χ1v) is 10.3. The number of ether oxygens (including phenoxy) is 1. The summed E-state index contributed by atoms with van der Waals surface area (Å²) in [4.78, 5) is 12.5. The van der Waals surface area contributed by atoms with Crippen LogP contribution in [0.15, 0.2) is 30.3 Å². The predicted molar refractivity (Wildman–Crippen MR) is 95.6 cm³/mol.